The maximum absolute atomic E-state index is 12.3. The van der Waals surface area contributed by atoms with Crippen molar-refractivity contribution in [3.8, 4) is 0 Å². The van der Waals surface area contributed by atoms with Crippen LogP contribution in [-0.4, -0.2) is 14.6 Å². The predicted molar refractivity (Wildman–Crippen MR) is 48.0 cm³/mol. The lowest BCUT2D eigenvalue weighted by Crippen LogP contribution is -1.97. The van der Waals surface area contributed by atoms with E-state index in [0.29, 0.717) is 0 Å². The molecule has 2 aromatic heterocycles. The average Bonchev–Trinajstić information content (AvgIpc) is 2.48. The lowest BCUT2D eigenvalue weighted by molar-refractivity contribution is 0.146. The van der Waals surface area contributed by atoms with E-state index >= 15 is 0 Å². The van der Waals surface area contributed by atoms with E-state index in [1.54, 1.807) is 0 Å². The van der Waals surface area contributed by atoms with Crippen LogP contribution in [0, 0.1) is 0 Å². The van der Waals surface area contributed by atoms with Crippen LogP contribution >= 0.6 is 23.2 Å². The van der Waals surface area contributed by atoms with Gasteiger partial charge in [-0.05, 0) is 0 Å². The first kappa shape index (κ1) is 9.61. The molecule has 7 heteroatoms. The Morgan fingerprint density at radius 2 is 2.07 bits per heavy atom. The van der Waals surface area contributed by atoms with E-state index in [9.17, 15) is 8.78 Å². The molecule has 0 saturated heterocycles. The summed E-state index contributed by atoms with van der Waals surface area (Å²) in [5.74, 6) is 0. The lowest BCUT2D eigenvalue weighted by Gasteiger charge is -2.01. The fourth-order valence-electron chi connectivity index (χ4n) is 1.03. The summed E-state index contributed by atoms with van der Waals surface area (Å²) < 4.78 is 25.8. The zero-order chi connectivity index (χ0) is 10.3. The molecule has 2 rings (SSSR count). The Hall–Kier alpha value is -0.940. The molecule has 0 atom stereocenters. The first-order valence-corrected chi connectivity index (χ1v) is 4.33. The van der Waals surface area contributed by atoms with Crippen molar-refractivity contribution in [2.24, 2.45) is 0 Å². The molecular weight excluding hydrogens is 235 g/mol. The molecule has 0 fully saturated rings. The summed E-state index contributed by atoms with van der Waals surface area (Å²) in [7, 11) is 0. The van der Waals surface area contributed by atoms with Gasteiger partial charge in [-0.25, -0.2) is 18.3 Å². The molecule has 0 aromatic carbocycles. The van der Waals surface area contributed by atoms with Crippen molar-refractivity contribution < 1.29 is 8.78 Å². The minimum Gasteiger partial charge on any atom is -0.226 e. The van der Waals surface area contributed by atoms with Crippen LogP contribution in [0.25, 0.3) is 5.65 Å². The van der Waals surface area contributed by atoms with Crippen LogP contribution in [0.3, 0.4) is 0 Å². The zero-order valence-corrected chi connectivity index (χ0v) is 8.10. The molecule has 2 aromatic rings. The Labute approximate surface area is 87.3 Å². The highest BCUT2D eigenvalue weighted by molar-refractivity contribution is 6.34. The second kappa shape index (κ2) is 3.33. The fourth-order valence-corrected chi connectivity index (χ4v) is 1.43. The smallest absolute Gasteiger partial charge is 0.226 e. The van der Waals surface area contributed by atoms with Crippen LogP contribution in [0.1, 0.15) is 12.1 Å². The molecule has 0 amide bonds. The summed E-state index contributed by atoms with van der Waals surface area (Å²) in [5, 5.41) is 4.01. The molecule has 3 nitrogen and oxygen atoms in total. The zero-order valence-electron chi connectivity index (χ0n) is 6.59. The highest BCUT2D eigenvalue weighted by atomic mass is 35.5. The Kier molecular flexibility index (Phi) is 2.28. The summed E-state index contributed by atoms with van der Waals surface area (Å²) in [5.41, 5.74) is -0.278. The SMILES string of the molecule is FC(F)c1cc(Cl)n2ncc(Cl)c2n1. The van der Waals surface area contributed by atoms with Crippen molar-refractivity contribution in [2.75, 3.05) is 0 Å². The molecule has 0 aliphatic heterocycles. The maximum Gasteiger partial charge on any atom is 0.280 e. The minimum atomic E-state index is -2.68. The van der Waals surface area contributed by atoms with E-state index in [2.05, 4.69) is 10.1 Å². The summed E-state index contributed by atoms with van der Waals surface area (Å²) >= 11 is 11.4. The molecule has 0 aliphatic rings. The number of fused-ring (bicyclic) bond motifs is 1. The molecule has 0 N–H and O–H groups in total. The average molecular weight is 238 g/mol. The van der Waals surface area contributed by atoms with E-state index < -0.39 is 12.1 Å². The predicted octanol–water partition coefficient (Wildman–Crippen LogP) is 2.97. The Morgan fingerprint density at radius 3 is 2.71 bits per heavy atom. The van der Waals surface area contributed by atoms with Crippen molar-refractivity contribution >= 4 is 28.8 Å². The first-order valence-electron chi connectivity index (χ1n) is 3.57. The number of halogens is 4. The van der Waals surface area contributed by atoms with Gasteiger partial charge in [0.1, 0.15) is 15.9 Å². The van der Waals surface area contributed by atoms with Gasteiger partial charge in [-0.15, -0.1) is 0 Å². The Balaban J connectivity index is 2.75. The standard InChI is InChI=1S/C7H3Cl2F2N3/c8-3-2-12-14-5(9)1-4(6(10)11)13-7(3)14/h1-2,6H. The van der Waals surface area contributed by atoms with Gasteiger partial charge in [-0.2, -0.15) is 5.10 Å². The number of aromatic nitrogens is 3. The van der Waals surface area contributed by atoms with Gasteiger partial charge in [-0.1, -0.05) is 23.2 Å². The molecule has 0 aliphatic carbocycles. The van der Waals surface area contributed by atoms with Gasteiger partial charge < -0.3 is 0 Å². The van der Waals surface area contributed by atoms with Gasteiger partial charge in [0.15, 0.2) is 5.65 Å². The summed E-state index contributed by atoms with van der Waals surface area (Å²) in [6.45, 7) is 0. The van der Waals surface area contributed by atoms with Crippen LogP contribution in [0.15, 0.2) is 12.3 Å². The number of hydrogen-bond donors (Lipinski definition) is 0. The van der Waals surface area contributed by atoms with Crippen molar-refractivity contribution in [3.63, 3.8) is 0 Å². The molecular formula is C7H3Cl2F2N3. The number of nitrogens with zero attached hydrogens (tertiary/aromatic N) is 3. The van der Waals surface area contributed by atoms with Gasteiger partial charge in [0.25, 0.3) is 6.43 Å². The Morgan fingerprint density at radius 1 is 1.36 bits per heavy atom. The first-order chi connectivity index (χ1) is 6.59. The van der Waals surface area contributed by atoms with Gasteiger partial charge in [-0.3, -0.25) is 0 Å². The van der Waals surface area contributed by atoms with E-state index in [1.165, 1.54) is 10.7 Å². The van der Waals surface area contributed by atoms with Crippen molar-refractivity contribution in [3.05, 3.63) is 28.1 Å². The third kappa shape index (κ3) is 1.42. The van der Waals surface area contributed by atoms with Crippen molar-refractivity contribution in [1.29, 1.82) is 0 Å². The second-order valence-corrected chi connectivity index (χ2v) is 3.33. The van der Waals surface area contributed by atoms with Crippen LogP contribution in [0.5, 0.6) is 0 Å². The largest absolute Gasteiger partial charge is 0.280 e. The van der Waals surface area contributed by atoms with Crippen LogP contribution < -0.4 is 0 Å². The molecule has 0 unspecified atom stereocenters. The minimum absolute atomic E-state index is 0.0530. The van der Waals surface area contributed by atoms with Gasteiger partial charge >= 0.3 is 0 Å². The summed E-state index contributed by atoms with van der Waals surface area (Å²) in [6.07, 6.45) is -1.38. The quantitative estimate of drug-likeness (QED) is 0.715. The number of hydrogen-bond acceptors (Lipinski definition) is 2. The molecule has 0 bridgehead atoms. The van der Waals surface area contributed by atoms with E-state index in [0.717, 1.165) is 6.07 Å². The lowest BCUT2D eigenvalue weighted by atomic mass is 10.4. The highest BCUT2D eigenvalue weighted by Gasteiger charge is 2.14. The van der Waals surface area contributed by atoms with Crippen LogP contribution in [0.2, 0.25) is 10.2 Å². The van der Waals surface area contributed by atoms with Crippen LogP contribution in [-0.2, 0) is 0 Å². The maximum atomic E-state index is 12.3. The van der Waals surface area contributed by atoms with Gasteiger partial charge in [0.05, 0.1) is 6.20 Å². The van der Waals surface area contributed by atoms with Crippen molar-refractivity contribution in [2.45, 2.75) is 6.43 Å². The Bertz CT molecular complexity index is 483. The normalized spacial score (nSPS) is 11.5. The second-order valence-electron chi connectivity index (χ2n) is 2.53. The third-order valence-electron chi connectivity index (χ3n) is 1.63. The summed E-state index contributed by atoms with van der Waals surface area (Å²) in [6, 6.07) is 1.06. The highest BCUT2D eigenvalue weighted by Crippen LogP contribution is 2.24. The van der Waals surface area contributed by atoms with E-state index in [-0.39, 0.29) is 15.8 Å². The topological polar surface area (TPSA) is 30.2 Å². The third-order valence-corrected chi connectivity index (χ3v) is 2.16. The molecule has 0 radical (unpaired) electrons. The number of rotatable bonds is 1. The molecule has 14 heavy (non-hydrogen) atoms. The van der Waals surface area contributed by atoms with Crippen molar-refractivity contribution in [1.82, 2.24) is 14.6 Å². The van der Waals surface area contributed by atoms with Gasteiger partial charge in [0.2, 0.25) is 0 Å². The molecule has 74 valence electrons. The fraction of sp³-hybridized carbons (Fsp3) is 0.143. The molecule has 0 saturated carbocycles. The number of alkyl halides is 2. The van der Waals surface area contributed by atoms with Crippen LogP contribution in [0.4, 0.5) is 8.78 Å². The molecule has 2 heterocycles. The molecule has 0 spiro atoms. The van der Waals surface area contributed by atoms with E-state index in [4.69, 9.17) is 23.2 Å². The van der Waals surface area contributed by atoms with E-state index in [1.807, 2.05) is 0 Å². The van der Waals surface area contributed by atoms with Gasteiger partial charge in [0, 0.05) is 6.07 Å². The monoisotopic (exact) mass is 237 g/mol. The summed E-state index contributed by atoms with van der Waals surface area (Å²) in [4.78, 5) is 3.63.